The number of cyclic esters (lactones) is 1. The first-order chi connectivity index (χ1) is 12.5. The summed E-state index contributed by atoms with van der Waals surface area (Å²) in [5.41, 5.74) is 0.452. The monoisotopic (exact) mass is 362 g/mol. The van der Waals surface area contributed by atoms with Gasteiger partial charge in [0.15, 0.2) is 0 Å². The predicted octanol–water partition coefficient (Wildman–Crippen LogP) is 2.84. The van der Waals surface area contributed by atoms with E-state index in [1.807, 2.05) is 4.90 Å². The number of nitrogens with zero attached hydrogens (tertiary/aromatic N) is 2. The lowest BCUT2D eigenvalue weighted by Gasteiger charge is -2.22. The second kappa shape index (κ2) is 7.72. The number of hydrogen-bond acceptors (Lipinski definition) is 7. The van der Waals surface area contributed by atoms with E-state index < -0.39 is 23.0 Å². The summed E-state index contributed by atoms with van der Waals surface area (Å²) in [5.74, 6) is -1.34. The number of hydrogen-bond donors (Lipinski definition) is 0. The van der Waals surface area contributed by atoms with Crippen molar-refractivity contribution in [1.82, 2.24) is 0 Å². The standard InChI is InChI=1S/C18H22N2O6/c1-12-10-16(18(22)25-12)26-17(21)13-6-7-14(15(11-13)20(23)24)19-8-4-2-3-5-9-19/h6-7,11-12,16H,2-5,8-10H2,1H3/t12-,16+/m0/s1. The van der Waals surface area contributed by atoms with Crippen molar-refractivity contribution in [2.75, 3.05) is 18.0 Å². The van der Waals surface area contributed by atoms with Crippen LogP contribution in [0.1, 0.15) is 49.4 Å². The molecule has 0 N–H and O–H groups in total. The number of nitro benzene ring substituents is 1. The Morgan fingerprint density at radius 3 is 2.54 bits per heavy atom. The third-order valence-corrected chi connectivity index (χ3v) is 4.73. The zero-order valence-corrected chi connectivity index (χ0v) is 14.7. The lowest BCUT2D eigenvalue weighted by molar-refractivity contribution is -0.384. The van der Waals surface area contributed by atoms with Gasteiger partial charge in [0.2, 0.25) is 6.10 Å². The number of nitro groups is 1. The van der Waals surface area contributed by atoms with Crippen molar-refractivity contribution in [1.29, 1.82) is 0 Å². The summed E-state index contributed by atoms with van der Waals surface area (Å²) in [6, 6.07) is 4.33. The van der Waals surface area contributed by atoms with Gasteiger partial charge in [-0.15, -0.1) is 0 Å². The first kappa shape index (κ1) is 18.2. The lowest BCUT2D eigenvalue weighted by Crippen LogP contribution is -2.25. The fourth-order valence-corrected chi connectivity index (χ4v) is 3.39. The summed E-state index contributed by atoms with van der Waals surface area (Å²) < 4.78 is 10.1. The minimum atomic E-state index is -0.957. The number of esters is 2. The van der Waals surface area contributed by atoms with Gasteiger partial charge in [-0.2, -0.15) is 0 Å². The summed E-state index contributed by atoms with van der Waals surface area (Å²) in [6.45, 7) is 3.24. The van der Waals surface area contributed by atoms with Crippen LogP contribution in [-0.2, 0) is 14.3 Å². The molecule has 1 aromatic rings. The molecule has 0 unspecified atom stereocenters. The summed E-state index contributed by atoms with van der Waals surface area (Å²) in [7, 11) is 0. The molecule has 3 rings (SSSR count). The van der Waals surface area contributed by atoms with Crippen LogP contribution in [0.5, 0.6) is 0 Å². The predicted molar refractivity (Wildman–Crippen MR) is 93.2 cm³/mol. The Bertz CT molecular complexity index is 712. The highest BCUT2D eigenvalue weighted by Gasteiger charge is 2.35. The van der Waals surface area contributed by atoms with Gasteiger partial charge < -0.3 is 14.4 Å². The first-order valence-corrected chi connectivity index (χ1v) is 8.90. The van der Waals surface area contributed by atoms with Crippen LogP contribution in [0, 0.1) is 10.1 Å². The summed E-state index contributed by atoms with van der Waals surface area (Å²) in [4.78, 5) is 36.9. The van der Waals surface area contributed by atoms with E-state index in [2.05, 4.69) is 0 Å². The normalized spacial score (nSPS) is 23.3. The van der Waals surface area contributed by atoms with Gasteiger partial charge in [0.25, 0.3) is 5.69 Å². The van der Waals surface area contributed by atoms with Crippen LogP contribution in [0.15, 0.2) is 18.2 Å². The maximum absolute atomic E-state index is 12.3. The summed E-state index contributed by atoms with van der Waals surface area (Å²) >= 11 is 0. The summed E-state index contributed by atoms with van der Waals surface area (Å²) in [6.07, 6.45) is 3.24. The van der Waals surface area contributed by atoms with E-state index in [4.69, 9.17) is 9.47 Å². The molecule has 0 spiro atoms. The van der Waals surface area contributed by atoms with Gasteiger partial charge in [0.1, 0.15) is 11.8 Å². The van der Waals surface area contributed by atoms with E-state index in [0.717, 1.165) is 38.8 Å². The van der Waals surface area contributed by atoms with Crippen molar-refractivity contribution in [2.24, 2.45) is 0 Å². The smallest absolute Gasteiger partial charge is 0.347 e. The molecule has 26 heavy (non-hydrogen) atoms. The SMILES string of the molecule is C[C@H]1C[C@@H](OC(=O)c2ccc(N3CCCCCC3)c([N+](=O)[O-])c2)C(=O)O1. The molecule has 2 aliphatic rings. The van der Waals surface area contributed by atoms with Gasteiger partial charge >= 0.3 is 11.9 Å². The molecular weight excluding hydrogens is 340 g/mol. The average molecular weight is 362 g/mol. The minimum Gasteiger partial charge on any atom is -0.460 e. The fraction of sp³-hybridized carbons (Fsp3) is 0.556. The first-order valence-electron chi connectivity index (χ1n) is 8.90. The molecule has 140 valence electrons. The van der Waals surface area contributed by atoms with E-state index in [-0.39, 0.29) is 17.4 Å². The van der Waals surface area contributed by atoms with E-state index in [9.17, 15) is 19.7 Å². The van der Waals surface area contributed by atoms with Gasteiger partial charge in [-0.05, 0) is 31.9 Å². The number of rotatable bonds is 4. The largest absolute Gasteiger partial charge is 0.460 e. The highest BCUT2D eigenvalue weighted by atomic mass is 16.6. The molecule has 2 atom stereocenters. The molecule has 0 aromatic heterocycles. The van der Waals surface area contributed by atoms with Crippen LogP contribution in [0.2, 0.25) is 0 Å². The third kappa shape index (κ3) is 3.95. The van der Waals surface area contributed by atoms with E-state index in [1.165, 1.54) is 12.1 Å². The van der Waals surface area contributed by atoms with Crippen molar-refractivity contribution in [3.8, 4) is 0 Å². The van der Waals surface area contributed by atoms with Crippen molar-refractivity contribution in [3.05, 3.63) is 33.9 Å². The van der Waals surface area contributed by atoms with Gasteiger partial charge in [0, 0.05) is 25.6 Å². The van der Waals surface area contributed by atoms with Gasteiger partial charge in [0.05, 0.1) is 10.5 Å². The van der Waals surface area contributed by atoms with Crippen LogP contribution < -0.4 is 4.90 Å². The molecule has 0 amide bonds. The Balaban J connectivity index is 1.80. The van der Waals surface area contributed by atoms with Crippen LogP contribution in [-0.4, -0.2) is 42.2 Å². The van der Waals surface area contributed by atoms with Gasteiger partial charge in [-0.1, -0.05) is 12.8 Å². The molecule has 8 heteroatoms. The molecule has 2 aliphatic heterocycles. The number of benzene rings is 1. The third-order valence-electron chi connectivity index (χ3n) is 4.73. The van der Waals surface area contributed by atoms with E-state index >= 15 is 0 Å². The molecule has 2 heterocycles. The number of ether oxygens (including phenoxy) is 2. The highest BCUT2D eigenvalue weighted by Crippen LogP contribution is 2.31. The Morgan fingerprint density at radius 1 is 1.27 bits per heavy atom. The molecule has 2 saturated heterocycles. The average Bonchev–Trinajstić information content (AvgIpc) is 2.81. The molecule has 0 bridgehead atoms. The van der Waals surface area contributed by atoms with Gasteiger partial charge in [-0.3, -0.25) is 10.1 Å². The highest BCUT2D eigenvalue weighted by molar-refractivity contribution is 5.93. The molecule has 1 aromatic carbocycles. The second-order valence-corrected chi connectivity index (χ2v) is 6.74. The number of anilines is 1. The Hall–Kier alpha value is -2.64. The van der Waals surface area contributed by atoms with Crippen molar-refractivity contribution in [3.63, 3.8) is 0 Å². The Morgan fingerprint density at radius 2 is 1.96 bits per heavy atom. The fourth-order valence-electron chi connectivity index (χ4n) is 3.39. The molecule has 0 aliphatic carbocycles. The number of carbonyl (C=O) groups is 2. The van der Waals surface area contributed by atoms with Crippen LogP contribution >= 0.6 is 0 Å². The zero-order valence-electron chi connectivity index (χ0n) is 14.7. The van der Waals surface area contributed by atoms with Crippen LogP contribution in [0.4, 0.5) is 11.4 Å². The molecule has 8 nitrogen and oxygen atoms in total. The Labute approximate surface area is 151 Å². The van der Waals surface area contributed by atoms with Crippen LogP contribution in [0.3, 0.4) is 0 Å². The maximum atomic E-state index is 12.3. The minimum absolute atomic E-state index is 0.0580. The Kier molecular flexibility index (Phi) is 5.39. The zero-order chi connectivity index (χ0) is 18.7. The molecule has 0 radical (unpaired) electrons. The van der Waals surface area contributed by atoms with Crippen LogP contribution in [0.25, 0.3) is 0 Å². The summed E-state index contributed by atoms with van der Waals surface area (Å²) in [5, 5.41) is 11.5. The second-order valence-electron chi connectivity index (χ2n) is 6.74. The quantitative estimate of drug-likeness (QED) is 0.461. The topological polar surface area (TPSA) is 99.0 Å². The van der Waals surface area contributed by atoms with Crippen molar-refractivity contribution >= 4 is 23.3 Å². The maximum Gasteiger partial charge on any atom is 0.347 e. The van der Waals surface area contributed by atoms with Crippen molar-refractivity contribution in [2.45, 2.75) is 51.2 Å². The number of carbonyl (C=O) groups excluding carboxylic acids is 2. The molecule has 2 fully saturated rings. The van der Waals surface area contributed by atoms with Gasteiger partial charge in [-0.25, -0.2) is 9.59 Å². The van der Waals surface area contributed by atoms with E-state index in [0.29, 0.717) is 12.1 Å². The molecular formula is C18H22N2O6. The molecule has 0 saturated carbocycles. The lowest BCUT2D eigenvalue weighted by atomic mass is 10.1. The van der Waals surface area contributed by atoms with Crippen molar-refractivity contribution < 1.29 is 24.0 Å². The van der Waals surface area contributed by atoms with E-state index in [1.54, 1.807) is 13.0 Å².